The molecule has 0 aliphatic rings. The largest absolute Gasteiger partial charge is 0.277 e. The number of para-hydroxylation sites is 2. The zero-order valence-corrected chi connectivity index (χ0v) is 13.3. The van der Waals surface area contributed by atoms with Crippen LogP contribution in [-0.4, -0.2) is 9.91 Å². The van der Waals surface area contributed by atoms with Crippen LogP contribution in [0.1, 0.15) is 0 Å². The fourth-order valence-corrected chi connectivity index (χ4v) is 3.02. The molecule has 0 atom stereocenters. The maximum absolute atomic E-state index is 11.5. The van der Waals surface area contributed by atoms with Gasteiger partial charge in [-0.1, -0.05) is 60.7 Å². The first kappa shape index (κ1) is 15.0. The average molecular weight is 326 g/mol. The van der Waals surface area contributed by atoms with Crippen molar-refractivity contribution in [3.8, 4) is 22.4 Å². The average Bonchev–Trinajstić information content (AvgIpc) is 2.68. The van der Waals surface area contributed by atoms with Crippen molar-refractivity contribution in [2.24, 2.45) is 0 Å². The zero-order valence-electron chi connectivity index (χ0n) is 13.3. The highest BCUT2D eigenvalue weighted by atomic mass is 16.6. The Morgan fingerprint density at radius 2 is 1.44 bits per heavy atom. The van der Waals surface area contributed by atoms with Gasteiger partial charge in [0.15, 0.2) is 0 Å². The van der Waals surface area contributed by atoms with E-state index >= 15 is 0 Å². The lowest BCUT2D eigenvalue weighted by atomic mass is 9.97. The van der Waals surface area contributed by atoms with Gasteiger partial charge >= 0.3 is 0 Å². The highest BCUT2D eigenvalue weighted by Crippen LogP contribution is 2.36. The summed E-state index contributed by atoms with van der Waals surface area (Å²) in [5.41, 5.74) is 4.11. The minimum Gasteiger partial charge on any atom is -0.258 e. The SMILES string of the molecule is O=[N+]([O-])c1ccccc1-c1cc(-c2ccccc2)nc2ccccc12. The molecule has 4 aromatic rings. The zero-order chi connectivity index (χ0) is 17.2. The standard InChI is InChI=1S/C21H14N2O2/c24-23(25)21-13-7-5-11-17(21)18-14-20(15-8-2-1-3-9-15)22-19-12-6-4-10-16(18)19/h1-14H. The monoisotopic (exact) mass is 326 g/mol. The second kappa shape index (κ2) is 6.17. The third-order valence-electron chi connectivity index (χ3n) is 4.18. The molecule has 0 saturated heterocycles. The summed E-state index contributed by atoms with van der Waals surface area (Å²) >= 11 is 0. The summed E-state index contributed by atoms with van der Waals surface area (Å²) in [6, 6.07) is 26.3. The second-order valence-electron chi connectivity index (χ2n) is 5.71. The number of fused-ring (bicyclic) bond motifs is 1. The number of pyridine rings is 1. The summed E-state index contributed by atoms with van der Waals surface area (Å²) in [6.07, 6.45) is 0. The van der Waals surface area contributed by atoms with Crippen LogP contribution in [0.25, 0.3) is 33.3 Å². The van der Waals surface area contributed by atoms with E-state index in [0.29, 0.717) is 5.56 Å². The van der Waals surface area contributed by atoms with Crippen LogP contribution in [0.4, 0.5) is 5.69 Å². The Morgan fingerprint density at radius 1 is 0.760 bits per heavy atom. The molecule has 0 fully saturated rings. The number of nitrogens with zero attached hydrogens (tertiary/aromatic N) is 2. The van der Waals surface area contributed by atoms with Gasteiger partial charge < -0.3 is 0 Å². The molecule has 0 spiro atoms. The van der Waals surface area contributed by atoms with Crippen molar-refractivity contribution >= 4 is 16.6 Å². The Morgan fingerprint density at radius 3 is 2.24 bits per heavy atom. The summed E-state index contributed by atoms with van der Waals surface area (Å²) in [5, 5.41) is 12.4. The number of hydrogen-bond donors (Lipinski definition) is 0. The fourth-order valence-electron chi connectivity index (χ4n) is 3.02. The maximum atomic E-state index is 11.5. The van der Waals surface area contributed by atoms with E-state index in [0.717, 1.165) is 27.7 Å². The lowest BCUT2D eigenvalue weighted by Gasteiger charge is -2.10. The lowest BCUT2D eigenvalue weighted by molar-refractivity contribution is -0.384. The van der Waals surface area contributed by atoms with Crippen molar-refractivity contribution in [1.29, 1.82) is 0 Å². The summed E-state index contributed by atoms with van der Waals surface area (Å²) in [5.74, 6) is 0. The molecule has 4 heteroatoms. The van der Waals surface area contributed by atoms with Crippen molar-refractivity contribution in [3.63, 3.8) is 0 Å². The number of aromatic nitrogens is 1. The van der Waals surface area contributed by atoms with E-state index in [1.54, 1.807) is 12.1 Å². The molecule has 120 valence electrons. The smallest absolute Gasteiger partial charge is 0.258 e. The Bertz CT molecular complexity index is 1080. The Hall–Kier alpha value is -3.53. The molecular formula is C21H14N2O2. The molecule has 0 bridgehead atoms. The van der Waals surface area contributed by atoms with Gasteiger partial charge in [0.05, 0.1) is 21.7 Å². The molecule has 0 aliphatic carbocycles. The Balaban J connectivity index is 2.05. The normalized spacial score (nSPS) is 10.7. The molecule has 0 amide bonds. The van der Waals surface area contributed by atoms with Crippen LogP contribution < -0.4 is 0 Å². The minimum atomic E-state index is -0.341. The van der Waals surface area contributed by atoms with E-state index in [1.807, 2.05) is 66.7 Å². The van der Waals surface area contributed by atoms with Crippen molar-refractivity contribution in [2.75, 3.05) is 0 Å². The van der Waals surface area contributed by atoms with Crippen molar-refractivity contribution in [1.82, 2.24) is 4.98 Å². The molecule has 0 aliphatic heterocycles. The molecule has 0 saturated carbocycles. The van der Waals surface area contributed by atoms with E-state index in [1.165, 1.54) is 6.07 Å². The van der Waals surface area contributed by atoms with Gasteiger partial charge in [-0.3, -0.25) is 10.1 Å². The Labute approximate surface area is 144 Å². The molecule has 0 radical (unpaired) electrons. The van der Waals surface area contributed by atoms with Gasteiger partial charge in [-0.25, -0.2) is 4.98 Å². The molecular weight excluding hydrogens is 312 g/mol. The summed E-state index contributed by atoms with van der Waals surface area (Å²) < 4.78 is 0. The van der Waals surface area contributed by atoms with E-state index in [4.69, 9.17) is 4.98 Å². The van der Waals surface area contributed by atoms with Crippen LogP contribution in [0.2, 0.25) is 0 Å². The Kier molecular flexibility index (Phi) is 3.71. The second-order valence-corrected chi connectivity index (χ2v) is 5.71. The molecule has 1 aromatic heterocycles. The van der Waals surface area contributed by atoms with Gasteiger partial charge in [0, 0.05) is 22.6 Å². The molecule has 0 unspecified atom stereocenters. The third kappa shape index (κ3) is 2.74. The quantitative estimate of drug-likeness (QED) is 0.370. The molecule has 1 heterocycles. The first-order chi connectivity index (χ1) is 12.2. The van der Waals surface area contributed by atoms with E-state index < -0.39 is 0 Å². The number of benzene rings is 3. The van der Waals surface area contributed by atoms with Crippen molar-refractivity contribution in [2.45, 2.75) is 0 Å². The van der Waals surface area contributed by atoms with Crippen LogP contribution in [-0.2, 0) is 0 Å². The molecule has 4 rings (SSSR count). The van der Waals surface area contributed by atoms with Gasteiger partial charge in [0.2, 0.25) is 0 Å². The van der Waals surface area contributed by atoms with E-state index in [-0.39, 0.29) is 10.6 Å². The van der Waals surface area contributed by atoms with E-state index in [9.17, 15) is 10.1 Å². The van der Waals surface area contributed by atoms with Crippen LogP contribution in [0.3, 0.4) is 0 Å². The highest BCUT2D eigenvalue weighted by Gasteiger charge is 2.17. The molecule has 4 nitrogen and oxygen atoms in total. The predicted molar refractivity (Wildman–Crippen MR) is 99.3 cm³/mol. The maximum Gasteiger partial charge on any atom is 0.277 e. The third-order valence-corrected chi connectivity index (χ3v) is 4.18. The number of hydrogen-bond acceptors (Lipinski definition) is 3. The van der Waals surface area contributed by atoms with Crippen molar-refractivity contribution < 1.29 is 4.92 Å². The summed E-state index contributed by atoms with van der Waals surface area (Å²) in [6.45, 7) is 0. The fraction of sp³-hybridized carbons (Fsp3) is 0. The highest BCUT2D eigenvalue weighted by molar-refractivity contribution is 5.98. The van der Waals surface area contributed by atoms with Gasteiger partial charge in [0.25, 0.3) is 5.69 Å². The summed E-state index contributed by atoms with van der Waals surface area (Å²) in [7, 11) is 0. The molecule has 3 aromatic carbocycles. The number of rotatable bonds is 3. The van der Waals surface area contributed by atoms with Crippen LogP contribution in [0, 0.1) is 10.1 Å². The number of nitro groups is 1. The van der Waals surface area contributed by atoms with Gasteiger partial charge in [-0.2, -0.15) is 0 Å². The van der Waals surface area contributed by atoms with Crippen LogP contribution in [0.5, 0.6) is 0 Å². The van der Waals surface area contributed by atoms with E-state index in [2.05, 4.69) is 0 Å². The van der Waals surface area contributed by atoms with Crippen LogP contribution in [0.15, 0.2) is 84.9 Å². The topological polar surface area (TPSA) is 56.0 Å². The lowest BCUT2D eigenvalue weighted by Crippen LogP contribution is -1.94. The van der Waals surface area contributed by atoms with Gasteiger partial charge in [-0.15, -0.1) is 0 Å². The van der Waals surface area contributed by atoms with Gasteiger partial charge in [-0.05, 0) is 18.2 Å². The molecule has 25 heavy (non-hydrogen) atoms. The van der Waals surface area contributed by atoms with Crippen LogP contribution >= 0.6 is 0 Å². The van der Waals surface area contributed by atoms with Gasteiger partial charge in [0.1, 0.15) is 0 Å². The first-order valence-corrected chi connectivity index (χ1v) is 7.93. The summed E-state index contributed by atoms with van der Waals surface area (Å²) in [4.78, 5) is 15.9. The predicted octanol–water partition coefficient (Wildman–Crippen LogP) is 5.48. The number of nitro benzene ring substituents is 1. The first-order valence-electron chi connectivity index (χ1n) is 7.93. The van der Waals surface area contributed by atoms with Crippen molar-refractivity contribution in [3.05, 3.63) is 95.0 Å². The minimum absolute atomic E-state index is 0.0952. The molecule has 0 N–H and O–H groups in total.